The number of rotatable bonds is 6. The Bertz CT molecular complexity index is 574. The molecule has 5 heteroatoms. The number of nitrogens with one attached hydrogen (secondary N) is 2. The van der Waals surface area contributed by atoms with Crippen LogP contribution in [0, 0.1) is 0 Å². The van der Waals surface area contributed by atoms with E-state index < -0.39 is 0 Å². The summed E-state index contributed by atoms with van der Waals surface area (Å²) in [5.41, 5.74) is 1.95. The average molecular weight is 342 g/mol. The van der Waals surface area contributed by atoms with Gasteiger partial charge in [0.1, 0.15) is 5.82 Å². The molecule has 0 unspecified atom stereocenters. The van der Waals surface area contributed by atoms with E-state index in [1.165, 1.54) is 51.4 Å². The lowest BCUT2D eigenvalue weighted by Gasteiger charge is -2.15. The molecule has 1 aromatic heterocycles. The maximum absolute atomic E-state index is 12.3. The molecule has 1 saturated carbocycles. The summed E-state index contributed by atoms with van der Waals surface area (Å²) in [4.78, 5) is 12.3. The van der Waals surface area contributed by atoms with Crippen molar-refractivity contribution in [1.82, 2.24) is 15.5 Å². The molecule has 0 radical (unpaired) electrons. The quantitative estimate of drug-likeness (QED) is 0.600. The molecule has 2 N–H and O–H groups in total. The molecule has 0 spiro atoms. The van der Waals surface area contributed by atoms with Gasteiger partial charge in [0.05, 0.1) is 0 Å². The summed E-state index contributed by atoms with van der Waals surface area (Å²) in [6, 6.07) is 3.91. The first-order chi connectivity index (χ1) is 12.3. The summed E-state index contributed by atoms with van der Waals surface area (Å²) in [5.74, 6) is 0.640. The number of amides is 1. The molecule has 0 aliphatic heterocycles. The fraction of sp³-hybridized carbons (Fsp3) is 0.650. The molecule has 1 aromatic rings. The van der Waals surface area contributed by atoms with Crippen LogP contribution in [0.15, 0.2) is 23.8 Å². The van der Waals surface area contributed by atoms with Crippen LogP contribution >= 0.6 is 0 Å². The van der Waals surface area contributed by atoms with E-state index in [9.17, 15) is 4.79 Å². The number of carbonyl (C=O) groups excluding carboxylic acids is 1. The Labute approximate surface area is 150 Å². The highest BCUT2D eigenvalue weighted by Gasteiger charge is 2.16. The van der Waals surface area contributed by atoms with Gasteiger partial charge in [-0.25, -0.2) is 0 Å². The van der Waals surface area contributed by atoms with Crippen LogP contribution in [0.25, 0.3) is 0 Å². The number of nitrogens with zero attached hydrogens (tertiary/aromatic N) is 2. The predicted molar refractivity (Wildman–Crippen MR) is 101 cm³/mol. The molecule has 2 aliphatic carbocycles. The van der Waals surface area contributed by atoms with Gasteiger partial charge in [-0.05, 0) is 57.1 Å². The highest BCUT2D eigenvalue weighted by molar-refractivity contribution is 5.92. The van der Waals surface area contributed by atoms with Gasteiger partial charge >= 0.3 is 0 Å². The maximum atomic E-state index is 12.3. The average Bonchev–Trinajstić information content (AvgIpc) is 2.92. The molecule has 25 heavy (non-hydrogen) atoms. The van der Waals surface area contributed by atoms with E-state index in [-0.39, 0.29) is 5.91 Å². The number of hydrogen-bond acceptors (Lipinski definition) is 4. The largest absolute Gasteiger partial charge is 0.368 e. The van der Waals surface area contributed by atoms with Crippen LogP contribution in [-0.4, -0.2) is 28.7 Å². The van der Waals surface area contributed by atoms with Crippen LogP contribution in [0.2, 0.25) is 0 Å². The van der Waals surface area contributed by atoms with Crippen LogP contribution in [0.5, 0.6) is 0 Å². The fourth-order valence-electron chi connectivity index (χ4n) is 3.71. The van der Waals surface area contributed by atoms with Gasteiger partial charge in [0.25, 0.3) is 5.91 Å². The third-order valence-electron chi connectivity index (χ3n) is 5.22. The molecule has 2 aliphatic rings. The summed E-state index contributed by atoms with van der Waals surface area (Å²) in [5, 5.41) is 14.7. The van der Waals surface area contributed by atoms with Gasteiger partial charge < -0.3 is 10.6 Å². The minimum absolute atomic E-state index is 0.0988. The summed E-state index contributed by atoms with van der Waals surface area (Å²) < 4.78 is 0. The predicted octanol–water partition coefficient (Wildman–Crippen LogP) is 4.23. The van der Waals surface area contributed by atoms with Gasteiger partial charge in [-0.1, -0.05) is 37.3 Å². The van der Waals surface area contributed by atoms with Gasteiger partial charge in [-0.15, -0.1) is 10.2 Å². The molecule has 0 atom stereocenters. The van der Waals surface area contributed by atoms with E-state index in [0.29, 0.717) is 11.7 Å². The van der Waals surface area contributed by atoms with Crippen molar-refractivity contribution in [2.45, 2.75) is 76.7 Å². The molecule has 136 valence electrons. The molecular formula is C20H30N4O. The van der Waals surface area contributed by atoms with Crippen LogP contribution < -0.4 is 10.6 Å². The van der Waals surface area contributed by atoms with Crippen LogP contribution in [-0.2, 0) is 0 Å². The van der Waals surface area contributed by atoms with Crippen molar-refractivity contribution in [3.05, 3.63) is 29.5 Å². The van der Waals surface area contributed by atoms with Crippen molar-refractivity contribution in [3.63, 3.8) is 0 Å². The lowest BCUT2D eigenvalue weighted by molar-refractivity contribution is 0.0927. The van der Waals surface area contributed by atoms with E-state index in [4.69, 9.17) is 0 Å². The zero-order chi connectivity index (χ0) is 17.3. The maximum Gasteiger partial charge on any atom is 0.272 e. The van der Waals surface area contributed by atoms with Crippen molar-refractivity contribution in [2.75, 3.05) is 11.9 Å². The van der Waals surface area contributed by atoms with Crippen molar-refractivity contribution in [2.24, 2.45) is 0 Å². The third kappa shape index (κ3) is 5.83. The SMILES string of the molecule is O=C(NC1CCCCCC1)c1ccc(NCCC2=CCCCC2)nn1. The van der Waals surface area contributed by atoms with Gasteiger partial charge in [0.15, 0.2) is 5.69 Å². The summed E-state index contributed by atoms with van der Waals surface area (Å²) in [7, 11) is 0. The second-order valence-corrected chi connectivity index (χ2v) is 7.25. The Hall–Kier alpha value is -1.91. The van der Waals surface area contributed by atoms with Crippen molar-refractivity contribution >= 4 is 11.7 Å². The molecule has 0 aromatic carbocycles. The fourth-order valence-corrected chi connectivity index (χ4v) is 3.71. The molecule has 1 amide bonds. The zero-order valence-corrected chi connectivity index (χ0v) is 15.1. The summed E-state index contributed by atoms with van der Waals surface area (Å²) in [6.07, 6.45) is 15.7. The minimum Gasteiger partial charge on any atom is -0.368 e. The smallest absolute Gasteiger partial charge is 0.272 e. The number of carbonyl (C=O) groups is 1. The first-order valence-corrected chi connectivity index (χ1v) is 9.87. The van der Waals surface area contributed by atoms with Crippen LogP contribution in [0.1, 0.15) is 81.1 Å². The van der Waals surface area contributed by atoms with Crippen LogP contribution in [0.3, 0.4) is 0 Å². The molecule has 1 fully saturated rings. The zero-order valence-electron chi connectivity index (χ0n) is 15.1. The van der Waals surface area contributed by atoms with Crippen LogP contribution in [0.4, 0.5) is 5.82 Å². The van der Waals surface area contributed by atoms with Gasteiger partial charge in [-0.3, -0.25) is 4.79 Å². The van der Waals surface area contributed by atoms with Gasteiger partial charge in [-0.2, -0.15) is 0 Å². The highest BCUT2D eigenvalue weighted by Crippen LogP contribution is 2.20. The summed E-state index contributed by atoms with van der Waals surface area (Å²) in [6.45, 7) is 0.869. The Morgan fingerprint density at radius 2 is 1.88 bits per heavy atom. The van der Waals surface area contributed by atoms with Crippen molar-refractivity contribution in [1.29, 1.82) is 0 Å². The first-order valence-electron chi connectivity index (χ1n) is 9.87. The van der Waals surface area contributed by atoms with E-state index in [1.807, 2.05) is 6.07 Å². The third-order valence-corrected chi connectivity index (χ3v) is 5.22. The second kappa shape index (κ2) is 9.54. The lowest BCUT2D eigenvalue weighted by Crippen LogP contribution is -2.35. The monoisotopic (exact) mass is 342 g/mol. The molecule has 1 heterocycles. The minimum atomic E-state index is -0.0988. The normalized spacial score (nSPS) is 19.0. The number of aromatic nitrogens is 2. The van der Waals surface area contributed by atoms with E-state index >= 15 is 0 Å². The molecule has 3 rings (SSSR count). The van der Waals surface area contributed by atoms with Gasteiger partial charge in [0.2, 0.25) is 0 Å². The Balaban J connectivity index is 1.44. The Morgan fingerprint density at radius 3 is 2.56 bits per heavy atom. The summed E-state index contributed by atoms with van der Waals surface area (Å²) >= 11 is 0. The molecule has 0 saturated heterocycles. The standard InChI is InChI=1S/C20H30N4O/c25-20(22-17-10-6-1-2-7-11-17)18-12-13-19(24-23-18)21-15-14-16-8-4-3-5-9-16/h8,12-13,17H,1-7,9-11,14-15H2,(H,21,24)(H,22,25). The van der Waals surface area contributed by atoms with Crippen molar-refractivity contribution < 1.29 is 4.79 Å². The number of hydrogen-bond donors (Lipinski definition) is 2. The molecule has 0 bridgehead atoms. The Kier molecular flexibility index (Phi) is 6.83. The van der Waals surface area contributed by atoms with E-state index in [0.717, 1.165) is 31.6 Å². The Morgan fingerprint density at radius 1 is 1.04 bits per heavy atom. The molecule has 5 nitrogen and oxygen atoms in total. The first kappa shape index (κ1) is 17.9. The van der Waals surface area contributed by atoms with Crippen molar-refractivity contribution in [3.8, 4) is 0 Å². The van der Waals surface area contributed by atoms with E-state index in [2.05, 4.69) is 26.9 Å². The highest BCUT2D eigenvalue weighted by atomic mass is 16.2. The number of anilines is 1. The second-order valence-electron chi connectivity index (χ2n) is 7.25. The molecular weight excluding hydrogens is 312 g/mol. The lowest BCUT2D eigenvalue weighted by atomic mass is 9.97. The number of allylic oxidation sites excluding steroid dienone is 1. The topological polar surface area (TPSA) is 66.9 Å². The van der Waals surface area contributed by atoms with E-state index in [1.54, 1.807) is 11.6 Å². The van der Waals surface area contributed by atoms with Gasteiger partial charge in [0, 0.05) is 12.6 Å².